The summed E-state index contributed by atoms with van der Waals surface area (Å²) < 4.78 is 0. The minimum absolute atomic E-state index is 0.0114. The van der Waals surface area contributed by atoms with Crippen LogP contribution in [0, 0.1) is 11.8 Å². The topological polar surface area (TPSA) is 65.2 Å². The number of benzene rings is 2. The predicted molar refractivity (Wildman–Crippen MR) is 122 cm³/mol. The molecule has 3 aromatic rings. The minimum Gasteiger partial charge on any atom is -0.361 e. The number of hydrogen-bond donors (Lipinski definition) is 2. The second kappa shape index (κ2) is 8.58. The Labute approximate surface area is 182 Å². The molecule has 1 saturated carbocycles. The van der Waals surface area contributed by atoms with E-state index in [1.54, 1.807) is 0 Å². The SMILES string of the molecule is O=C(NCC(c1ccccc1)c1c[nH]c2ccccc12)C1CCN(C(=O)C2CC2)CC1. The Morgan fingerprint density at radius 2 is 1.65 bits per heavy atom. The molecule has 2 aliphatic rings. The van der Waals surface area contributed by atoms with Gasteiger partial charge in [0.2, 0.25) is 11.8 Å². The monoisotopic (exact) mass is 415 g/mol. The average Bonchev–Trinajstić information content (AvgIpc) is 3.59. The van der Waals surface area contributed by atoms with E-state index in [9.17, 15) is 9.59 Å². The Hall–Kier alpha value is -3.08. The van der Waals surface area contributed by atoms with E-state index in [-0.39, 0.29) is 23.7 Å². The molecule has 0 spiro atoms. The zero-order chi connectivity index (χ0) is 21.2. The van der Waals surface area contributed by atoms with Gasteiger partial charge in [0.15, 0.2) is 0 Å². The van der Waals surface area contributed by atoms with E-state index in [0.717, 1.165) is 31.2 Å². The quantitative estimate of drug-likeness (QED) is 0.638. The zero-order valence-corrected chi connectivity index (χ0v) is 17.7. The number of carbonyl (C=O) groups is 2. The molecule has 0 bridgehead atoms. The minimum atomic E-state index is -0.0114. The highest BCUT2D eigenvalue weighted by Gasteiger charge is 2.36. The van der Waals surface area contributed by atoms with Gasteiger partial charge in [-0.1, -0.05) is 48.5 Å². The molecule has 0 radical (unpaired) electrons. The van der Waals surface area contributed by atoms with Crippen molar-refractivity contribution in [3.8, 4) is 0 Å². The van der Waals surface area contributed by atoms with Crippen molar-refractivity contribution in [1.29, 1.82) is 0 Å². The third kappa shape index (κ3) is 4.22. The van der Waals surface area contributed by atoms with Crippen molar-refractivity contribution in [2.75, 3.05) is 19.6 Å². The molecule has 31 heavy (non-hydrogen) atoms. The summed E-state index contributed by atoms with van der Waals surface area (Å²) in [5.41, 5.74) is 3.50. The number of fused-ring (bicyclic) bond motifs is 1. The standard InChI is InChI=1S/C26H29N3O2/c30-25(19-12-14-29(15-13-19)26(31)20-10-11-20)28-16-22(18-6-2-1-3-7-18)23-17-27-24-9-5-4-8-21(23)24/h1-9,17,19-20,22,27H,10-16H2,(H,28,30). The maximum Gasteiger partial charge on any atom is 0.225 e. The molecule has 2 fully saturated rings. The Bertz CT molecular complexity index is 1060. The molecule has 160 valence electrons. The molecular formula is C26H29N3O2. The molecule has 1 saturated heterocycles. The molecule has 5 nitrogen and oxygen atoms in total. The number of amides is 2. The number of piperidine rings is 1. The molecule has 5 heteroatoms. The molecule has 2 heterocycles. The van der Waals surface area contributed by atoms with E-state index in [2.05, 4.69) is 46.8 Å². The van der Waals surface area contributed by atoms with Crippen LogP contribution in [0.15, 0.2) is 60.8 Å². The van der Waals surface area contributed by atoms with Crippen molar-refractivity contribution in [2.45, 2.75) is 31.6 Å². The predicted octanol–water partition coefficient (Wildman–Crippen LogP) is 4.06. The molecule has 1 aliphatic heterocycles. The van der Waals surface area contributed by atoms with Gasteiger partial charge >= 0.3 is 0 Å². The van der Waals surface area contributed by atoms with Crippen LogP contribution in [0.5, 0.6) is 0 Å². The number of para-hydroxylation sites is 1. The number of hydrogen-bond acceptors (Lipinski definition) is 2. The summed E-state index contributed by atoms with van der Waals surface area (Å²) in [6, 6.07) is 18.7. The van der Waals surface area contributed by atoms with Crippen LogP contribution in [-0.4, -0.2) is 41.3 Å². The first-order chi connectivity index (χ1) is 15.2. The van der Waals surface area contributed by atoms with Gasteiger partial charge in [0, 0.05) is 54.5 Å². The van der Waals surface area contributed by atoms with Gasteiger partial charge < -0.3 is 15.2 Å². The van der Waals surface area contributed by atoms with Crippen molar-refractivity contribution >= 4 is 22.7 Å². The third-order valence-electron chi connectivity index (χ3n) is 6.78. The summed E-state index contributed by atoms with van der Waals surface area (Å²) in [5, 5.41) is 4.42. The summed E-state index contributed by atoms with van der Waals surface area (Å²) >= 11 is 0. The Kier molecular flexibility index (Phi) is 5.49. The summed E-state index contributed by atoms with van der Waals surface area (Å²) in [7, 11) is 0. The molecule has 1 aliphatic carbocycles. The lowest BCUT2D eigenvalue weighted by Crippen LogP contribution is -2.44. The van der Waals surface area contributed by atoms with E-state index in [1.165, 1.54) is 16.5 Å². The van der Waals surface area contributed by atoms with E-state index in [1.807, 2.05) is 29.2 Å². The number of aromatic amines is 1. The van der Waals surface area contributed by atoms with E-state index in [4.69, 9.17) is 0 Å². The molecular weight excluding hydrogens is 386 g/mol. The first kappa shape index (κ1) is 19.9. The van der Waals surface area contributed by atoms with Crippen molar-refractivity contribution in [3.05, 3.63) is 71.9 Å². The van der Waals surface area contributed by atoms with Crippen molar-refractivity contribution < 1.29 is 9.59 Å². The van der Waals surface area contributed by atoms with Crippen LogP contribution in [0.4, 0.5) is 0 Å². The fraction of sp³-hybridized carbons (Fsp3) is 0.385. The zero-order valence-electron chi connectivity index (χ0n) is 17.7. The van der Waals surface area contributed by atoms with Gasteiger partial charge in [0.1, 0.15) is 0 Å². The Balaban J connectivity index is 1.27. The molecule has 2 N–H and O–H groups in total. The van der Waals surface area contributed by atoms with Crippen molar-refractivity contribution in [1.82, 2.24) is 15.2 Å². The summed E-state index contributed by atoms with van der Waals surface area (Å²) in [5.74, 6) is 0.732. The number of carbonyl (C=O) groups excluding carboxylic acids is 2. The third-order valence-corrected chi connectivity index (χ3v) is 6.78. The smallest absolute Gasteiger partial charge is 0.225 e. The second-order valence-corrected chi connectivity index (χ2v) is 8.87. The average molecular weight is 416 g/mol. The normalized spacial score (nSPS) is 18.1. The van der Waals surface area contributed by atoms with Gasteiger partial charge in [-0.25, -0.2) is 0 Å². The lowest BCUT2D eigenvalue weighted by atomic mass is 9.90. The van der Waals surface area contributed by atoms with Gasteiger partial charge in [-0.2, -0.15) is 0 Å². The largest absolute Gasteiger partial charge is 0.361 e. The second-order valence-electron chi connectivity index (χ2n) is 8.87. The summed E-state index contributed by atoms with van der Waals surface area (Å²) in [6.07, 6.45) is 5.65. The number of aromatic nitrogens is 1. The van der Waals surface area contributed by atoms with Crippen LogP contribution in [0.1, 0.15) is 42.7 Å². The fourth-order valence-electron chi connectivity index (χ4n) is 4.77. The van der Waals surface area contributed by atoms with E-state index < -0.39 is 0 Å². The summed E-state index contributed by atoms with van der Waals surface area (Å²) in [6.45, 7) is 1.97. The molecule has 1 aromatic heterocycles. The van der Waals surface area contributed by atoms with Gasteiger partial charge in [0.25, 0.3) is 0 Å². The first-order valence-electron chi connectivity index (χ1n) is 11.4. The van der Waals surface area contributed by atoms with Gasteiger partial charge in [-0.05, 0) is 42.9 Å². The van der Waals surface area contributed by atoms with Crippen LogP contribution in [0.25, 0.3) is 10.9 Å². The number of H-pyrrole nitrogens is 1. The van der Waals surface area contributed by atoms with Gasteiger partial charge in [-0.3, -0.25) is 9.59 Å². The van der Waals surface area contributed by atoms with Gasteiger partial charge in [0.05, 0.1) is 0 Å². The van der Waals surface area contributed by atoms with Crippen LogP contribution < -0.4 is 5.32 Å². The highest BCUT2D eigenvalue weighted by atomic mass is 16.2. The highest BCUT2D eigenvalue weighted by molar-refractivity contribution is 5.85. The Morgan fingerprint density at radius 1 is 0.935 bits per heavy atom. The van der Waals surface area contributed by atoms with Gasteiger partial charge in [-0.15, -0.1) is 0 Å². The van der Waals surface area contributed by atoms with Crippen LogP contribution in [0.2, 0.25) is 0 Å². The fourth-order valence-corrected chi connectivity index (χ4v) is 4.77. The molecule has 5 rings (SSSR count). The van der Waals surface area contributed by atoms with Crippen molar-refractivity contribution in [3.63, 3.8) is 0 Å². The number of likely N-dealkylation sites (tertiary alicyclic amines) is 1. The lowest BCUT2D eigenvalue weighted by Gasteiger charge is -2.31. The molecule has 1 unspecified atom stereocenters. The number of nitrogens with zero attached hydrogens (tertiary/aromatic N) is 1. The first-order valence-corrected chi connectivity index (χ1v) is 11.4. The lowest BCUT2D eigenvalue weighted by molar-refractivity contribution is -0.136. The highest BCUT2D eigenvalue weighted by Crippen LogP contribution is 2.33. The van der Waals surface area contributed by atoms with Crippen LogP contribution in [0.3, 0.4) is 0 Å². The van der Waals surface area contributed by atoms with E-state index >= 15 is 0 Å². The summed E-state index contributed by atoms with van der Waals surface area (Å²) in [4.78, 5) is 30.6. The van der Waals surface area contributed by atoms with Crippen molar-refractivity contribution in [2.24, 2.45) is 11.8 Å². The maximum atomic E-state index is 13.0. The number of nitrogens with one attached hydrogen (secondary N) is 2. The molecule has 2 aromatic carbocycles. The molecule has 2 amide bonds. The Morgan fingerprint density at radius 3 is 2.39 bits per heavy atom. The number of rotatable bonds is 6. The van der Waals surface area contributed by atoms with Crippen LogP contribution >= 0.6 is 0 Å². The van der Waals surface area contributed by atoms with E-state index in [0.29, 0.717) is 25.5 Å². The molecule has 1 atom stereocenters. The maximum absolute atomic E-state index is 13.0. The van der Waals surface area contributed by atoms with Crippen LogP contribution in [-0.2, 0) is 9.59 Å².